The van der Waals surface area contributed by atoms with Crippen LogP contribution in [0.25, 0.3) is 0 Å². The van der Waals surface area contributed by atoms with E-state index in [2.05, 4.69) is 20.6 Å². The monoisotopic (exact) mass is 368 g/mol. The molecule has 0 aliphatic carbocycles. The molecule has 1 aromatic heterocycles. The van der Waals surface area contributed by atoms with Gasteiger partial charge in [-0.05, 0) is 31.5 Å². The highest BCUT2D eigenvalue weighted by atomic mass is 19.1. The van der Waals surface area contributed by atoms with Crippen LogP contribution in [0.2, 0.25) is 0 Å². The van der Waals surface area contributed by atoms with Crippen LogP contribution in [0, 0.1) is 25.5 Å². The van der Waals surface area contributed by atoms with Crippen molar-refractivity contribution in [2.45, 2.75) is 20.4 Å². The Hall–Kier alpha value is -3.35. The van der Waals surface area contributed by atoms with Crippen LogP contribution in [0.15, 0.2) is 48.5 Å². The second kappa shape index (κ2) is 7.90. The molecule has 0 unspecified atom stereocenters. The van der Waals surface area contributed by atoms with Crippen molar-refractivity contribution in [3.63, 3.8) is 0 Å². The number of benzene rings is 2. The molecule has 138 valence electrons. The molecular weight excluding hydrogens is 350 g/mol. The number of aryl methyl sites for hydroxylation is 2. The SMILES string of the molecule is Cc1cccc(CNc2cc(C(=O)Nc3ccc(F)cc3F)nc(C)n2)c1. The Bertz CT molecular complexity index is 991. The van der Waals surface area contributed by atoms with Crippen LogP contribution < -0.4 is 10.6 Å². The number of amides is 1. The van der Waals surface area contributed by atoms with Gasteiger partial charge in [0.05, 0.1) is 5.69 Å². The van der Waals surface area contributed by atoms with Crippen molar-refractivity contribution in [2.75, 3.05) is 10.6 Å². The summed E-state index contributed by atoms with van der Waals surface area (Å²) in [5, 5.41) is 5.54. The van der Waals surface area contributed by atoms with E-state index in [0.717, 1.165) is 23.3 Å². The molecule has 1 heterocycles. The summed E-state index contributed by atoms with van der Waals surface area (Å²) in [5.41, 5.74) is 2.19. The average Bonchev–Trinajstić information content (AvgIpc) is 2.62. The molecule has 2 N–H and O–H groups in total. The number of aromatic nitrogens is 2. The topological polar surface area (TPSA) is 66.9 Å². The van der Waals surface area contributed by atoms with Gasteiger partial charge in [-0.25, -0.2) is 18.7 Å². The van der Waals surface area contributed by atoms with E-state index in [1.54, 1.807) is 6.92 Å². The standard InChI is InChI=1S/C20H18F2N4O/c1-12-4-3-5-14(8-12)11-23-19-10-18(24-13(2)25-19)20(27)26-17-7-6-15(21)9-16(17)22/h3-10H,11H2,1-2H3,(H,26,27)(H,23,24,25). The number of carbonyl (C=O) groups excluding carboxylic acids is 1. The molecule has 0 saturated carbocycles. The number of nitrogens with zero attached hydrogens (tertiary/aromatic N) is 2. The largest absolute Gasteiger partial charge is 0.366 e. The molecule has 7 heteroatoms. The highest BCUT2D eigenvalue weighted by Crippen LogP contribution is 2.17. The number of rotatable bonds is 5. The van der Waals surface area contributed by atoms with Crippen molar-refractivity contribution >= 4 is 17.4 Å². The van der Waals surface area contributed by atoms with Crippen molar-refractivity contribution in [1.29, 1.82) is 0 Å². The number of hydrogen-bond acceptors (Lipinski definition) is 4. The second-order valence-electron chi connectivity index (χ2n) is 6.11. The van der Waals surface area contributed by atoms with Gasteiger partial charge in [0, 0.05) is 18.7 Å². The lowest BCUT2D eigenvalue weighted by molar-refractivity contribution is 0.102. The van der Waals surface area contributed by atoms with Crippen LogP contribution >= 0.6 is 0 Å². The molecule has 0 atom stereocenters. The molecule has 0 spiro atoms. The van der Waals surface area contributed by atoms with Gasteiger partial charge in [-0.1, -0.05) is 29.8 Å². The molecule has 0 radical (unpaired) electrons. The Kier molecular flexibility index (Phi) is 5.40. The fourth-order valence-electron chi connectivity index (χ4n) is 2.57. The van der Waals surface area contributed by atoms with Crippen LogP contribution in [0.1, 0.15) is 27.4 Å². The minimum atomic E-state index is -0.855. The number of hydrogen-bond donors (Lipinski definition) is 2. The fraction of sp³-hybridized carbons (Fsp3) is 0.150. The summed E-state index contributed by atoms with van der Waals surface area (Å²) >= 11 is 0. The van der Waals surface area contributed by atoms with E-state index in [1.165, 1.54) is 6.07 Å². The highest BCUT2D eigenvalue weighted by molar-refractivity contribution is 6.03. The summed E-state index contributed by atoms with van der Waals surface area (Å²) in [6, 6.07) is 12.4. The number of anilines is 2. The normalized spacial score (nSPS) is 10.5. The molecule has 0 fully saturated rings. The van der Waals surface area contributed by atoms with E-state index in [-0.39, 0.29) is 11.4 Å². The van der Waals surface area contributed by atoms with E-state index in [1.807, 2.05) is 31.2 Å². The van der Waals surface area contributed by atoms with Crippen LogP contribution in [0.5, 0.6) is 0 Å². The molecule has 2 aromatic carbocycles. The minimum Gasteiger partial charge on any atom is -0.366 e. The van der Waals surface area contributed by atoms with Crippen LogP contribution in [0.3, 0.4) is 0 Å². The summed E-state index contributed by atoms with van der Waals surface area (Å²) < 4.78 is 26.7. The Morgan fingerprint density at radius 2 is 1.85 bits per heavy atom. The zero-order chi connectivity index (χ0) is 19.4. The first kappa shape index (κ1) is 18.4. The maximum Gasteiger partial charge on any atom is 0.274 e. The van der Waals surface area contributed by atoms with Crippen molar-refractivity contribution in [2.24, 2.45) is 0 Å². The summed E-state index contributed by atoms with van der Waals surface area (Å²) in [5.74, 6) is -1.30. The number of halogens is 2. The van der Waals surface area contributed by atoms with E-state index in [4.69, 9.17) is 0 Å². The molecule has 0 aliphatic heterocycles. The smallest absolute Gasteiger partial charge is 0.274 e. The summed E-state index contributed by atoms with van der Waals surface area (Å²) in [4.78, 5) is 20.7. The predicted molar refractivity (Wildman–Crippen MR) is 99.6 cm³/mol. The van der Waals surface area contributed by atoms with E-state index in [0.29, 0.717) is 24.3 Å². The van der Waals surface area contributed by atoms with Gasteiger partial charge in [0.25, 0.3) is 5.91 Å². The molecule has 0 bridgehead atoms. The number of nitrogens with one attached hydrogen (secondary N) is 2. The van der Waals surface area contributed by atoms with Crippen molar-refractivity contribution in [1.82, 2.24) is 9.97 Å². The van der Waals surface area contributed by atoms with Gasteiger partial charge >= 0.3 is 0 Å². The molecule has 1 amide bonds. The highest BCUT2D eigenvalue weighted by Gasteiger charge is 2.13. The molecule has 3 rings (SSSR count). The first-order chi connectivity index (χ1) is 12.9. The maximum absolute atomic E-state index is 13.7. The second-order valence-corrected chi connectivity index (χ2v) is 6.11. The van der Waals surface area contributed by atoms with Gasteiger partial charge in [-0.2, -0.15) is 0 Å². The van der Waals surface area contributed by atoms with Crippen molar-refractivity contribution in [3.05, 3.63) is 82.8 Å². The van der Waals surface area contributed by atoms with Crippen molar-refractivity contribution < 1.29 is 13.6 Å². The first-order valence-corrected chi connectivity index (χ1v) is 8.32. The zero-order valence-corrected chi connectivity index (χ0v) is 14.9. The molecule has 3 aromatic rings. The Morgan fingerprint density at radius 3 is 2.59 bits per heavy atom. The summed E-state index contributed by atoms with van der Waals surface area (Å²) in [6.45, 7) is 4.20. The summed E-state index contributed by atoms with van der Waals surface area (Å²) in [7, 11) is 0. The molecule has 0 aliphatic rings. The molecular formula is C20H18F2N4O. The lowest BCUT2D eigenvalue weighted by Crippen LogP contribution is -2.16. The van der Waals surface area contributed by atoms with Crippen molar-refractivity contribution in [3.8, 4) is 0 Å². The lowest BCUT2D eigenvalue weighted by Gasteiger charge is -2.10. The van der Waals surface area contributed by atoms with Crippen LogP contribution in [-0.2, 0) is 6.54 Å². The predicted octanol–water partition coefficient (Wildman–Crippen LogP) is 4.24. The third-order valence-electron chi connectivity index (χ3n) is 3.81. The number of carbonyl (C=O) groups is 1. The van der Waals surface area contributed by atoms with E-state index >= 15 is 0 Å². The molecule has 5 nitrogen and oxygen atoms in total. The lowest BCUT2D eigenvalue weighted by atomic mass is 10.1. The average molecular weight is 368 g/mol. The molecule has 27 heavy (non-hydrogen) atoms. The van der Waals surface area contributed by atoms with E-state index in [9.17, 15) is 13.6 Å². The van der Waals surface area contributed by atoms with Gasteiger partial charge in [0.2, 0.25) is 0 Å². The zero-order valence-electron chi connectivity index (χ0n) is 14.9. The van der Waals surface area contributed by atoms with Gasteiger partial charge in [0.1, 0.15) is 29.0 Å². The molecule has 0 saturated heterocycles. The Balaban J connectivity index is 1.75. The van der Waals surface area contributed by atoms with E-state index < -0.39 is 17.5 Å². The van der Waals surface area contributed by atoms with Crippen LogP contribution in [-0.4, -0.2) is 15.9 Å². The van der Waals surface area contributed by atoms with Gasteiger partial charge < -0.3 is 10.6 Å². The summed E-state index contributed by atoms with van der Waals surface area (Å²) in [6.07, 6.45) is 0. The first-order valence-electron chi connectivity index (χ1n) is 8.32. The van der Waals surface area contributed by atoms with Gasteiger partial charge in [-0.15, -0.1) is 0 Å². The van der Waals surface area contributed by atoms with Gasteiger partial charge in [0.15, 0.2) is 0 Å². The minimum absolute atomic E-state index is 0.0815. The van der Waals surface area contributed by atoms with Crippen LogP contribution in [0.4, 0.5) is 20.3 Å². The quantitative estimate of drug-likeness (QED) is 0.707. The maximum atomic E-state index is 13.7. The van der Waals surface area contributed by atoms with Gasteiger partial charge in [-0.3, -0.25) is 4.79 Å². The third-order valence-corrected chi connectivity index (χ3v) is 3.81. The Morgan fingerprint density at radius 1 is 1.04 bits per heavy atom. The Labute approximate surface area is 155 Å². The fourth-order valence-corrected chi connectivity index (χ4v) is 2.57. The third kappa shape index (κ3) is 4.84.